The summed E-state index contributed by atoms with van der Waals surface area (Å²) in [4.78, 5) is 30.7. The number of nitrogens with one attached hydrogen (secondary N) is 3. The zero-order chi connectivity index (χ0) is 20.1. The molecule has 10 heteroatoms. The summed E-state index contributed by atoms with van der Waals surface area (Å²) in [6, 6.07) is 12.1. The van der Waals surface area contributed by atoms with Gasteiger partial charge in [0.1, 0.15) is 12.1 Å². The van der Waals surface area contributed by atoms with Crippen LogP contribution >= 0.6 is 0 Å². The molecule has 1 heterocycles. The Morgan fingerprint density at radius 1 is 1.11 bits per heavy atom. The Bertz CT molecular complexity index is 1030. The number of nitro groups is 1. The minimum absolute atomic E-state index is 0.0378. The number of aryl methyl sites for hydroxylation is 1. The second-order valence-corrected chi connectivity index (χ2v) is 5.76. The number of rotatable bonds is 6. The van der Waals surface area contributed by atoms with Crippen molar-refractivity contribution < 1.29 is 14.1 Å². The molecule has 0 radical (unpaired) electrons. The summed E-state index contributed by atoms with van der Waals surface area (Å²) in [6.45, 7) is 1.89. The van der Waals surface area contributed by atoms with Crippen molar-refractivity contribution in [2.24, 2.45) is 0 Å². The van der Waals surface area contributed by atoms with Gasteiger partial charge in [0.25, 0.3) is 5.91 Å². The number of anilines is 3. The lowest BCUT2D eigenvalue weighted by Crippen LogP contribution is -2.30. The zero-order valence-electron chi connectivity index (χ0n) is 14.6. The zero-order valence-corrected chi connectivity index (χ0v) is 14.6. The van der Waals surface area contributed by atoms with Gasteiger partial charge >= 0.3 is 5.69 Å². The van der Waals surface area contributed by atoms with Gasteiger partial charge in [0.15, 0.2) is 0 Å². The maximum Gasteiger partial charge on any atom is 0.355 e. The van der Waals surface area contributed by atoms with Gasteiger partial charge in [0.2, 0.25) is 11.6 Å². The van der Waals surface area contributed by atoms with Crippen LogP contribution in [0.15, 0.2) is 54.9 Å². The average Bonchev–Trinajstić information content (AvgIpc) is 2.66. The first-order chi connectivity index (χ1) is 13.4. The van der Waals surface area contributed by atoms with Crippen LogP contribution in [0.4, 0.5) is 27.4 Å². The lowest BCUT2D eigenvalue weighted by molar-refractivity contribution is -0.383. The fourth-order valence-corrected chi connectivity index (χ4v) is 2.38. The standard InChI is InChI=1S/C18H15FN6O3/c1-11-3-2-4-14(9-11)22-16-15(25(27)28)17(21-10-20-16)23-24-18(26)12-5-7-13(19)8-6-12/h2-10H,1H3,(H,24,26)(H2,20,21,22,23). The van der Waals surface area contributed by atoms with Gasteiger partial charge < -0.3 is 5.32 Å². The van der Waals surface area contributed by atoms with Crippen molar-refractivity contribution in [1.29, 1.82) is 0 Å². The average molecular weight is 382 g/mol. The molecule has 0 bridgehead atoms. The monoisotopic (exact) mass is 382 g/mol. The van der Waals surface area contributed by atoms with E-state index in [-0.39, 0.29) is 17.2 Å². The van der Waals surface area contributed by atoms with Crippen LogP contribution in [0.1, 0.15) is 15.9 Å². The van der Waals surface area contributed by atoms with Gasteiger partial charge in [0, 0.05) is 11.3 Å². The highest BCUT2D eigenvalue weighted by atomic mass is 19.1. The summed E-state index contributed by atoms with van der Waals surface area (Å²) in [5, 5.41) is 14.4. The number of halogens is 1. The molecule has 1 amide bonds. The van der Waals surface area contributed by atoms with E-state index >= 15 is 0 Å². The van der Waals surface area contributed by atoms with Gasteiger partial charge in [-0.15, -0.1) is 0 Å². The third-order valence-corrected chi connectivity index (χ3v) is 3.69. The smallest absolute Gasteiger partial charge is 0.334 e. The maximum atomic E-state index is 12.9. The molecule has 3 rings (SSSR count). The molecular weight excluding hydrogens is 367 g/mol. The van der Waals surface area contributed by atoms with Crippen LogP contribution in [0.25, 0.3) is 0 Å². The fraction of sp³-hybridized carbons (Fsp3) is 0.0556. The van der Waals surface area contributed by atoms with Crippen molar-refractivity contribution in [2.45, 2.75) is 6.92 Å². The predicted molar refractivity (Wildman–Crippen MR) is 101 cm³/mol. The molecule has 1 aromatic heterocycles. The lowest BCUT2D eigenvalue weighted by atomic mass is 10.2. The highest BCUT2D eigenvalue weighted by Gasteiger charge is 2.23. The van der Waals surface area contributed by atoms with Crippen molar-refractivity contribution in [3.8, 4) is 0 Å². The van der Waals surface area contributed by atoms with Gasteiger partial charge in [0.05, 0.1) is 4.92 Å². The molecule has 2 aromatic carbocycles. The van der Waals surface area contributed by atoms with Gasteiger partial charge in [-0.1, -0.05) is 12.1 Å². The molecule has 0 aliphatic heterocycles. The van der Waals surface area contributed by atoms with E-state index in [4.69, 9.17) is 0 Å². The second-order valence-electron chi connectivity index (χ2n) is 5.76. The Balaban J connectivity index is 1.82. The quantitative estimate of drug-likeness (QED) is 0.441. The van der Waals surface area contributed by atoms with Gasteiger partial charge in [-0.2, -0.15) is 0 Å². The van der Waals surface area contributed by atoms with E-state index in [1.807, 2.05) is 13.0 Å². The van der Waals surface area contributed by atoms with Crippen LogP contribution in [0.3, 0.4) is 0 Å². The Kier molecular flexibility index (Phi) is 5.40. The molecule has 0 aliphatic carbocycles. The number of hydrogen-bond acceptors (Lipinski definition) is 7. The molecule has 142 valence electrons. The molecule has 0 saturated heterocycles. The summed E-state index contributed by atoms with van der Waals surface area (Å²) >= 11 is 0. The summed E-state index contributed by atoms with van der Waals surface area (Å²) in [6.07, 6.45) is 1.12. The molecule has 3 N–H and O–H groups in total. The Labute approximate surface area is 158 Å². The molecule has 9 nitrogen and oxygen atoms in total. The Morgan fingerprint density at radius 2 is 1.82 bits per heavy atom. The molecule has 0 aliphatic rings. The van der Waals surface area contributed by atoms with Crippen molar-refractivity contribution >= 4 is 28.9 Å². The number of carbonyl (C=O) groups is 1. The van der Waals surface area contributed by atoms with E-state index in [0.717, 1.165) is 24.0 Å². The summed E-state index contributed by atoms with van der Waals surface area (Å²) in [5.74, 6) is -1.33. The molecule has 0 unspecified atom stereocenters. The Morgan fingerprint density at radius 3 is 2.50 bits per heavy atom. The van der Waals surface area contributed by atoms with Crippen LogP contribution in [-0.4, -0.2) is 20.8 Å². The number of carbonyl (C=O) groups excluding carboxylic acids is 1. The van der Waals surface area contributed by atoms with Crippen molar-refractivity contribution in [3.63, 3.8) is 0 Å². The number of hydrogen-bond donors (Lipinski definition) is 3. The van der Waals surface area contributed by atoms with E-state index in [2.05, 4.69) is 26.1 Å². The highest BCUT2D eigenvalue weighted by molar-refractivity contribution is 5.95. The van der Waals surface area contributed by atoms with E-state index < -0.39 is 22.3 Å². The predicted octanol–water partition coefficient (Wildman–Crippen LogP) is 3.33. The highest BCUT2D eigenvalue weighted by Crippen LogP contribution is 2.30. The Hall–Kier alpha value is -4.08. The number of benzene rings is 2. The number of hydrazine groups is 1. The molecule has 0 spiro atoms. The maximum absolute atomic E-state index is 12.9. The minimum Gasteiger partial charge on any atom is -0.334 e. The SMILES string of the molecule is Cc1cccc(Nc2ncnc(NNC(=O)c3ccc(F)cc3)c2[N+](=O)[O-])c1. The molecule has 0 fully saturated rings. The van der Waals surface area contributed by atoms with Crippen LogP contribution in [0.5, 0.6) is 0 Å². The van der Waals surface area contributed by atoms with E-state index in [0.29, 0.717) is 5.69 Å². The van der Waals surface area contributed by atoms with Crippen molar-refractivity contribution in [3.05, 3.63) is 81.9 Å². The summed E-state index contributed by atoms with van der Waals surface area (Å²) in [7, 11) is 0. The van der Waals surface area contributed by atoms with Crippen LogP contribution < -0.4 is 16.2 Å². The van der Waals surface area contributed by atoms with Gasteiger partial charge in [-0.25, -0.2) is 14.4 Å². The molecule has 3 aromatic rings. The second kappa shape index (κ2) is 8.08. The van der Waals surface area contributed by atoms with Crippen LogP contribution in [0, 0.1) is 22.9 Å². The van der Waals surface area contributed by atoms with Crippen molar-refractivity contribution in [2.75, 3.05) is 10.7 Å². The first-order valence-electron chi connectivity index (χ1n) is 8.09. The van der Waals surface area contributed by atoms with Gasteiger partial charge in [-0.3, -0.25) is 25.8 Å². The van der Waals surface area contributed by atoms with Crippen LogP contribution in [0.2, 0.25) is 0 Å². The lowest BCUT2D eigenvalue weighted by Gasteiger charge is -2.11. The summed E-state index contributed by atoms with van der Waals surface area (Å²) < 4.78 is 12.9. The number of aromatic nitrogens is 2. The fourth-order valence-electron chi connectivity index (χ4n) is 2.38. The first-order valence-corrected chi connectivity index (χ1v) is 8.09. The molecule has 0 atom stereocenters. The van der Waals surface area contributed by atoms with Gasteiger partial charge in [-0.05, 0) is 48.9 Å². The normalized spacial score (nSPS) is 10.2. The third kappa shape index (κ3) is 4.36. The van der Waals surface area contributed by atoms with Crippen LogP contribution in [-0.2, 0) is 0 Å². The number of amides is 1. The van der Waals surface area contributed by atoms with Crippen molar-refractivity contribution in [1.82, 2.24) is 15.4 Å². The minimum atomic E-state index is -0.662. The first kappa shape index (κ1) is 18.7. The number of nitrogens with zero attached hydrogens (tertiary/aromatic N) is 3. The molecule has 28 heavy (non-hydrogen) atoms. The summed E-state index contributed by atoms with van der Waals surface area (Å²) in [5.41, 5.74) is 6.02. The topological polar surface area (TPSA) is 122 Å². The van der Waals surface area contributed by atoms with E-state index in [1.165, 1.54) is 12.1 Å². The molecular formula is C18H15FN6O3. The molecule has 0 saturated carbocycles. The van der Waals surface area contributed by atoms with E-state index in [1.54, 1.807) is 18.2 Å². The largest absolute Gasteiger partial charge is 0.355 e. The van der Waals surface area contributed by atoms with E-state index in [9.17, 15) is 19.3 Å². The third-order valence-electron chi connectivity index (χ3n) is 3.69.